The number of hydrogen-bond donors (Lipinski definition) is 1. The van der Waals surface area contributed by atoms with Gasteiger partial charge in [-0.15, -0.1) is 0 Å². The van der Waals surface area contributed by atoms with Crippen molar-refractivity contribution in [1.82, 2.24) is 5.32 Å². The van der Waals surface area contributed by atoms with E-state index in [0.717, 1.165) is 17.7 Å². The number of nitrogens with one attached hydrogen (secondary N) is 1. The summed E-state index contributed by atoms with van der Waals surface area (Å²) in [6.45, 7) is 2.58. The van der Waals surface area contributed by atoms with E-state index < -0.39 is 0 Å². The molecule has 0 bridgehead atoms. The molecule has 0 aliphatic rings. The molecule has 0 radical (unpaired) electrons. The molecule has 0 aliphatic carbocycles. The van der Waals surface area contributed by atoms with Gasteiger partial charge in [0, 0.05) is 11.4 Å². The second kappa shape index (κ2) is 9.21. The van der Waals surface area contributed by atoms with E-state index in [1.165, 1.54) is 0 Å². The molecular formula is C19H22ClNO2. The molecule has 0 heterocycles. The van der Waals surface area contributed by atoms with Crippen molar-refractivity contribution in [3.05, 3.63) is 65.2 Å². The van der Waals surface area contributed by atoms with Crippen molar-refractivity contribution in [2.24, 2.45) is 0 Å². The van der Waals surface area contributed by atoms with Crippen LogP contribution >= 0.6 is 11.6 Å². The summed E-state index contributed by atoms with van der Waals surface area (Å²) in [5.41, 5.74) is 1.14. The van der Waals surface area contributed by atoms with Gasteiger partial charge in [0.15, 0.2) is 0 Å². The zero-order valence-electron chi connectivity index (χ0n) is 13.3. The van der Waals surface area contributed by atoms with Crippen LogP contribution in [0.2, 0.25) is 5.02 Å². The van der Waals surface area contributed by atoms with Gasteiger partial charge in [0.25, 0.3) is 0 Å². The lowest BCUT2D eigenvalue weighted by Crippen LogP contribution is -2.28. The summed E-state index contributed by atoms with van der Waals surface area (Å²) in [4.78, 5) is 12.1. The Bertz CT molecular complexity index is 599. The number of benzene rings is 2. The van der Waals surface area contributed by atoms with Gasteiger partial charge in [0.1, 0.15) is 5.75 Å². The molecule has 0 fully saturated rings. The number of carbonyl (C=O) groups is 1. The van der Waals surface area contributed by atoms with E-state index >= 15 is 0 Å². The summed E-state index contributed by atoms with van der Waals surface area (Å²) in [5, 5.41) is 3.76. The maximum absolute atomic E-state index is 12.1. The predicted molar refractivity (Wildman–Crippen MR) is 93.8 cm³/mol. The Morgan fingerprint density at radius 2 is 1.83 bits per heavy atom. The standard InChI is InChI=1S/C19H22ClNO2/c1-2-18(15-7-4-3-5-8-15)21-19(22)9-6-14-23-17-12-10-16(20)11-13-17/h3-5,7-8,10-13,18H,2,6,9,14H2,1H3,(H,21,22)/t18-/m1/s1. The molecule has 0 aromatic heterocycles. The van der Waals surface area contributed by atoms with Crippen LogP contribution in [-0.4, -0.2) is 12.5 Å². The second-order valence-electron chi connectivity index (χ2n) is 5.34. The van der Waals surface area contributed by atoms with E-state index in [2.05, 4.69) is 12.2 Å². The number of ether oxygens (including phenoxy) is 1. The summed E-state index contributed by atoms with van der Waals surface area (Å²) in [6, 6.07) is 17.3. The molecule has 0 spiro atoms. The summed E-state index contributed by atoms with van der Waals surface area (Å²) in [7, 11) is 0. The Kier molecular flexibility index (Phi) is 6.95. The highest BCUT2D eigenvalue weighted by molar-refractivity contribution is 6.30. The minimum absolute atomic E-state index is 0.0559. The molecule has 0 aliphatic heterocycles. The van der Waals surface area contributed by atoms with Crippen LogP contribution in [0.25, 0.3) is 0 Å². The molecule has 23 heavy (non-hydrogen) atoms. The first kappa shape index (κ1) is 17.4. The van der Waals surface area contributed by atoms with Crippen LogP contribution in [-0.2, 0) is 4.79 Å². The first-order valence-electron chi connectivity index (χ1n) is 7.91. The van der Waals surface area contributed by atoms with Crippen molar-refractivity contribution >= 4 is 17.5 Å². The molecule has 2 aromatic rings. The molecule has 1 amide bonds. The molecule has 2 rings (SSSR count). The minimum Gasteiger partial charge on any atom is -0.494 e. The van der Waals surface area contributed by atoms with Crippen molar-refractivity contribution < 1.29 is 9.53 Å². The fraction of sp³-hybridized carbons (Fsp3) is 0.316. The number of rotatable bonds is 8. The smallest absolute Gasteiger partial charge is 0.220 e. The lowest BCUT2D eigenvalue weighted by atomic mass is 10.0. The van der Waals surface area contributed by atoms with E-state index in [9.17, 15) is 4.79 Å². The molecule has 0 saturated heterocycles. The molecule has 1 N–H and O–H groups in total. The van der Waals surface area contributed by atoms with Gasteiger partial charge in [0.2, 0.25) is 5.91 Å². The zero-order valence-corrected chi connectivity index (χ0v) is 14.1. The first-order chi connectivity index (χ1) is 11.2. The maximum Gasteiger partial charge on any atom is 0.220 e. The number of amides is 1. The first-order valence-corrected chi connectivity index (χ1v) is 8.29. The van der Waals surface area contributed by atoms with Gasteiger partial charge in [0.05, 0.1) is 12.6 Å². The van der Waals surface area contributed by atoms with Crippen molar-refractivity contribution in [1.29, 1.82) is 0 Å². The van der Waals surface area contributed by atoms with E-state index in [1.54, 1.807) is 12.1 Å². The lowest BCUT2D eigenvalue weighted by Gasteiger charge is -2.17. The molecule has 3 nitrogen and oxygen atoms in total. The summed E-state index contributed by atoms with van der Waals surface area (Å²) >= 11 is 5.82. The maximum atomic E-state index is 12.1. The average molecular weight is 332 g/mol. The molecular weight excluding hydrogens is 310 g/mol. The van der Waals surface area contributed by atoms with Crippen LogP contribution in [0.1, 0.15) is 37.8 Å². The van der Waals surface area contributed by atoms with Gasteiger partial charge in [-0.3, -0.25) is 4.79 Å². The number of carbonyl (C=O) groups excluding carboxylic acids is 1. The summed E-state index contributed by atoms with van der Waals surface area (Å²) < 4.78 is 5.59. The van der Waals surface area contributed by atoms with Crippen LogP contribution in [0, 0.1) is 0 Å². The third-order valence-electron chi connectivity index (χ3n) is 3.58. The van der Waals surface area contributed by atoms with Gasteiger partial charge in [-0.1, -0.05) is 48.9 Å². The van der Waals surface area contributed by atoms with Gasteiger partial charge < -0.3 is 10.1 Å². The molecule has 0 unspecified atom stereocenters. The van der Waals surface area contributed by atoms with E-state index in [1.807, 2.05) is 42.5 Å². The Morgan fingerprint density at radius 3 is 2.48 bits per heavy atom. The topological polar surface area (TPSA) is 38.3 Å². The monoisotopic (exact) mass is 331 g/mol. The van der Waals surface area contributed by atoms with Crippen molar-refractivity contribution in [2.75, 3.05) is 6.61 Å². The fourth-order valence-corrected chi connectivity index (χ4v) is 2.45. The average Bonchev–Trinajstić information content (AvgIpc) is 2.59. The molecule has 4 heteroatoms. The predicted octanol–water partition coefficient (Wildman–Crippen LogP) is 4.77. The van der Waals surface area contributed by atoms with Crippen LogP contribution in [0.15, 0.2) is 54.6 Å². The number of halogens is 1. The minimum atomic E-state index is 0.0559. The Hall–Kier alpha value is -2.00. The molecule has 122 valence electrons. The fourth-order valence-electron chi connectivity index (χ4n) is 2.33. The molecule has 2 aromatic carbocycles. The Labute approximate surface area is 142 Å². The largest absolute Gasteiger partial charge is 0.494 e. The van der Waals surface area contributed by atoms with Gasteiger partial charge >= 0.3 is 0 Å². The van der Waals surface area contributed by atoms with Crippen LogP contribution < -0.4 is 10.1 Å². The van der Waals surface area contributed by atoms with Crippen molar-refractivity contribution in [3.8, 4) is 5.75 Å². The highest BCUT2D eigenvalue weighted by Gasteiger charge is 2.11. The summed E-state index contributed by atoms with van der Waals surface area (Å²) in [6.07, 6.45) is 2.01. The normalized spacial score (nSPS) is 11.7. The van der Waals surface area contributed by atoms with Crippen LogP contribution in [0.3, 0.4) is 0 Å². The summed E-state index contributed by atoms with van der Waals surface area (Å²) in [5.74, 6) is 0.825. The van der Waals surface area contributed by atoms with Crippen LogP contribution in [0.5, 0.6) is 5.75 Å². The van der Waals surface area contributed by atoms with Crippen molar-refractivity contribution in [3.63, 3.8) is 0 Å². The van der Waals surface area contributed by atoms with E-state index in [-0.39, 0.29) is 11.9 Å². The Morgan fingerprint density at radius 1 is 1.13 bits per heavy atom. The quantitative estimate of drug-likeness (QED) is 0.708. The SMILES string of the molecule is CC[C@@H](NC(=O)CCCOc1ccc(Cl)cc1)c1ccccc1. The lowest BCUT2D eigenvalue weighted by molar-refractivity contribution is -0.122. The van der Waals surface area contributed by atoms with E-state index in [0.29, 0.717) is 24.5 Å². The third kappa shape index (κ3) is 5.95. The van der Waals surface area contributed by atoms with E-state index in [4.69, 9.17) is 16.3 Å². The highest BCUT2D eigenvalue weighted by atomic mass is 35.5. The Balaban J connectivity index is 1.71. The van der Waals surface area contributed by atoms with Gasteiger partial charge in [-0.2, -0.15) is 0 Å². The third-order valence-corrected chi connectivity index (χ3v) is 3.83. The number of hydrogen-bond acceptors (Lipinski definition) is 2. The van der Waals surface area contributed by atoms with Gasteiger partial charge in [-0.25, -0.2) is 0 Å². The zero-order chi connectivity index (χ0) is 16.5. The van der Waals surface area contributed by atoms with Gasteiger partial charge in [-0.05, 0) is 42.7 Å². The van der Waals surface area contributed by atoms with Crippen LogP contribution in [0.4, 0.5) is 0 Å². The second-order valence-corrected chi connectivity index (χ2v) is 5.78. The molecule has 0 saturated carbocycles. The highest BCUT2D eigenvalue weighted by Crippen LogP contribution is 2.17. The van der Waals surface area contributed by atoms with Crippen molar-refractivity contribution in [2.45, 2.75) is 32.2 Å². The molecule has 1 atom stereocenters.